The predicted molar refractivity (Wildman–Crippen MR) is 118 cm³/mol. The van der Waals surface area contributed by atoms with E-state index in [2.05, 4.69) is 45.9 Å². The molecule has 0 saturated carbocycles. The van der Waals surface area contributed by atoms with Gasteiger partial charge in [0.1, 0.15) is 5.76 Å². The Morgan fingerprint density at radius 2 is 2.04 bits per heavy atom. The van der Waals surface area contributed by atoms with Crippen LogP contribution in [0.5, 0.6) is 0 Å². The fourth-order valence-electron chi connectivity index (χ4n) is 3.55. The van der Waals surface area contributed by atoms with Crippen LogP contribution in [0.3, 0.4) is 0 Å². The number of oxazole rings is 1. The summed E-state index contributed by atoms with van der Waals surface area (Å²) in [7, 11) is 1.84. The maximum absolute atomic E-state index is 5.86. The SMILES string of the molecule is CN=C(NCc1ncc(C(C)(C)C)o1)N1CCC(CN2CCOCC2)C1.I. The first-order valence-corrected chi connectivity index (χ1v) is 9.66. The molecular weight excluding hydrogens is 457 g/mol. The lowest BCUT2D eigenvalue weighted by molar-refractivity contribution is 0.0315. The molecule has 0 aliphatic carbocycles. The molecule has 0 aromatic carbocycles. The zero-order chi connectivity index (χ0) is 18.6. The summed E-state index contributed by atoms with van der Waals surface area (Å²) in [6.07, 6.45) is 3.04. The number of guanidine groups is 1. The molecule has 1 unspecified atom stereocenters. The Morgan fingerprint density at radius 3 is 2.67 bits per heavy atom. The van der Waals surface area contributed by atoms with Crippen molar-refractivity contribution in [1.82, 2.24) is 20.1 Å². The first-order chi connectivity index (χ1) is 12.5. The molecule has 0 bridgehead atoms. The van der Waals surface area contributed by atoms with Crippen LogP contribution in [0.15, 0.2) is 15.6 Å². The predicted octanol–water partition coefficient (Wildman–Crippen LogP) is 2.32. The Labute approximate surface area is 179 Å². The highest BCUT2D eigenvalue weighted by atomic mass is 127. The van der Waals surface area contributed by atoms with Crippen LogP contribution in [0.1, 0.15) is 38.8 Å². The summed E-state index contributed by atoms with van der Waals surface area (Å²) in [4.78, 5) is 13.7. The van der Waals surface area contributed by atoms with E-state index in [1.165, 1.54) is 6.42 Å². The van der Waals surface area contributed by atoms with Crippen molar-refractivity contribution in [3.63, 3.8) is 0 Å². The zero-order valence-electron chi connectivity index (χ0n) is 17.0. The molecule has 0 spiro atoms. The number of nitrogens with one attached hydrogen (secondary N) is 1. The highest BCUT2D eigenvalue weighted by molar-refractivity contribution is 14.0. The van der Waals surface area contributed by atoms with Crippen molar-refractivity contribution in [2.45, 2.75) is 39.2 Å². The van der Waals surface area contributed by atoms with E-state index in [-0.39, 0.29) is 29.4 Å². The third kappa shape index (κ3) is 6.32. The molecule has 7 nitrogen and oxygen atoms in total. The number of aromatic nitrogens is 1. The molecule has 3 rings (SSSR count). The molecule has 2 aliphatic rings. The van der Waals surface area contributed by atoms with E-state index in [1.54, 1.807) is 0 Å². The first kappa shape index (κ1) is 22.4. The average Bonchev–Trinajstić information content (AvgIpc) is 3.26. The Hall–Kier alpha value is -0.870. The van der Waals surface area contributed by atoms with Gasteiger partial charge >= 0.3 is 0 Å². The molecule has 3 heterocycles. The molecule has 0 amide bonds. The number of halogens is 1. The minimum absolute atomic E-state index is 0. The highest BCUT2D eigenvalue weighted by Crippen LogP contribution is 2.23. The molecule has 8 heteroatoms. The number of ether oxygens (including phenoxy) is 1. The van der Waals surface area contributed by atoms with Crippen LogP contribution < -0.4 is 5.32 Å². The number of aliphatic imine (C=N–C) groups is 1. The standard InChI is InChI=1S/C19H33N5O2.HI/c1-19(2,3)16-11-21-17(26-16)12-22-18(20-4)24-6-5-15(14-24)13-23-7-9-25-10-8-23;/h11,15H,5-10,12-14H2,1-4H3,(H,20,22);1H. The molecule has 1 aromatic heterocycles. The number of nitrogens with zero attached hydrogens (tertiary/aromatic N) is 4. The summed E-state index contributed by atoms with van der Waals surface area (Å²) >= 11 is 0. The Bertz CT molecular complexity index is 607. The van der Waals surface area contributed by atoms with E-state index < -0.39 is 0 Å². The van der Waals surface area contributed by atoms with Crippen LogP contribution in [0.25, 0.3) is 0 Å². The summed E-state index contributed by atoms with van der Waals surface area (Å²) < 4.78 is 11.3. The third-order valence-electron chi connectivity index (χ3n) is 5.11. The molecule has 2 aliphatic heterocycles. The summed E-state index contributed by atoms with van der Waals surface area (Å²) in [5.74, 6) is 3.25. The third-order valence-corrected chi connectivity index (χ3v) is 5.11. The number of rotatable bonds is 4. The number of morpholine rings is 1. The van der Waals surface area contributed by atoms with Crippen molar-refractivity contribution < 1.29 is 9.15 Å². The maximum atomic E-state index is 5.86. The van der Waals surface area contributed by atoms with Crippen LogP contribution in [0.2, 0.25) is 0 Å². The van der Waals surface area contributed by atoms with E-state index in [0.29, 0.717) is 18.4 Å². The van der Waals surface area contributed by atoms with Gasteiger partial charge in [-0.25, -0.2) is 4.98 Å². The van der Waals surface area contributed by atoms with Crippen LogP contribution >= 0.6 is 24.0 Å². The van der Waals surface area contributed by atoms with Crippen LogP contribution in [0.4, 0.5) is 0 Å². The first-order valence-electron chi connectivity index (χ1n) is 9.66. The van der Waals surface area contributed by atoms with E-state index in [0.717, 1.165) is 57.7 Å². The van der Waals surface area contributed by atoms with Crippen LogP contribution in [0, 0.1) is 5.92 Å². The van der Waals surface area contributed by atoms with Gasteiger partial charge < -0.3 is 19.4 Å². The molecule has 1 N–H and O–H groups in total. The minimum Gasteiger partial charge on any atom is -0.443 e. The molecule has 1 atom stereocenters. The fourth-order valence-corrected chi connectivity index (χ4v) is 3.55. The van der Waals surface area contributed by atoms with Gasteiger partial charge in [-0.2, -0.15) is 0 Å². The lowest BCUT2D eigenvalue weighted by Gasteiger charge is -2.29. The number of hydrogen-bond acceptors (Lipinski definition) is 5. The minimum atomic E-state index is -0.0193. The molecule has 2 fully saturated rings. The molecule has 2 saturated heterocycles. The topological polar surface area (TPSA) is 66.1 Å². The lowest BCUT2D eigenvalue weighted by atomic mass is 9.94. The summed E-state index contributed by atoms with van der Waals surface area (Å²) in [5.41, 5.74) is -0.0193. The molecule has 27 heavy (non-hydrogen) atoms. The second-order valence-electron chi connectivity index (χ2n) is 8.28. The average molecular weight is 491 g/mol. The Balaban J connectivity index is 0.00000261. The van der Waals surface area contributed by atoms with Gasteiger partial charge in [-0.1, -0.05) is 20.8 Å². The van der Waals surface area contributed by atoms with Crippen LogP contribution in [-0.4, -0.2) is 73.7 Å². The zero-order valence-corrected chi connectivity index (χ0v) is 19.4. The van der Waals surface area contributed by atoms with Gasteiger partial charge in [-0.05, 0) is 12.3 Å². The Morgan fingerprint density at radius 1 is 1.30 bits per heavy atom. The van der Waals surface area contributed by atoms with Gasteiger partial charge in [0, 0.05) is 45.2 Å². The molecule has 1 aromatic rings. The van der Waals surface area contributed by atoms with Gasteiger partial charge in [-0.15, -0.1) is 24.0 Å². The van der Waals surface area contributed by atoms with E-state index in [9.17, 15) is 0 Å². The van der Waals surface area contributed by atoms with Crippen molar-refractivity contribution in [3.05, 3.63) is 17.8 Å². The van der Waals surface area contributed by atoms with E-state index in [4.69, 9.17) is 9.15 Å². The van der Waals surface area contributed by atoms with E-state index >= 15 is 0 Å². The van der Waals surface area contributed by atoms with Crippen molar-refractivity contribution in [3.8, 4) is 0 Å². The van der Waals surface area contributed by atoms with Crippen molar-refractivity contribution in [1.29, 1.82) is 0 Å². The monoisotopic (exact) mass is 491 g/mol. The largest absolute Gasteiger partial charge is 0.443 e. The second-order valence-corrected chi connectivity index (χ2v) is 8.28. The molecule has 0 radical (unpaired) electrons. The van der Waals surface area contributed by atoms with Gasteiger partial charge in [-0.3, -0.25) is 9.89 Å². The van der Waals surface area contributed by atoms with Crippen molar-refractivity contribution in [2.24, 2.45) is 10.9 Å². The van der Waals surface area contributed by atoms with Crippen molar-refractivity contribution in [2.75, 3.05) is 53.0 Å². The van der Waals surface area contributed by atoms with E-state index in [1.807, 2.05) is 13.2 Å². The maximum Gasteiger partial charge on any atom is 0.213 e. The second kappa shape index (κ2) is 10.1. The Kier molecular flexibility index (Phi) is 8.36. The molecule has 154 valence electrons. The normalized spacial score (nSPS) is 22.0. The van der Waals surface area contributed by atoms with Crippen LogP contribution in [-0.2, 0) is 16.7 Å². The molecular formula is C19H34IN5O2. The van der Waals surface area contributed by atoms with Gasteiger partial charge in [0.15, 0.2) is 5.96 Å². The highest BCUT2D eigenvalue weighted by Gasteiger charge is 2.27. The van der Waals surface area contributed by atoms with Gasteiger partial charge in [0.05, 0.1) is 26.0 Å². The quantitative estimate of drug-likeness (QED) is 0.396. The number of hydrogen-bond donors (Lipinski definition) is 1. The van der Waals surface area contributed by atoms with Gasteiger partial charge in [0.25, 0.3) is 0 Å². The van der Waals surface area contributed by atoms with Crippen molar-refractivity contribution >= 4 is 29.9 Å². The van der Waals surface area contributed by atoms with Gasteiger partial charge in [0.2, 0.25) is 5.89 Å². The fraction of sp³-hybridized carbons (Fsp3) is 0.789. The summed E-state index contributed by atoms with van der Waals surface area (Å²) in [6.45, 7) is 14.1. The lowest BCUT2D eigenvalue weighted by Crippen LogP contribution is -2.42. The summed E-state index contributed by atoms with van der Waals surface area (Å²) in [5, 5.41) is 3.40. The number of likely N-dealkylation sites (tertiary alicyclic amines) is 1. The summed E-state index contributed by atoms with van der Waals surface area (Å²) in [6, 6.07) is 0. The smallest absolute Gasteiger partial charge is 0.213 e.